The molecule has 0 bridgehead atoms. The largest absolute Gasteiger partial charge is 0.495 e. The molecule has 0 fully saturated rings. The standard InChI is InChI=1S/C18H16F3N5O/c1-12-3-6-14(7-4-12)26-17(23-24-25-26)9-10-22-15-11-13(18(19,20)21)5-8-16(15)27-2/h3-11,22H,1-2H3/b10-9-. The third-order valence-electron chi connectivity index (χ3n) is 3.77. The summed E-state index contributed by atoms with van der Waals surface area (Å²) in [5, 5.41) is 14.3. The van der Waals surface area contributed by atoms with Crippen LogP contribution in [0.5, 0.6) is 5.75 Å². The van der Waals surface area contributed by atoms with E-state index in [-0.39, 0.29) is 11.4 Å². The Kier molecular flexibility index (Phi) is 5.11. The molecule has 0 aliphatic rings. The average molecular weight is 375 g/mol. The molecule has 0 atom stereocenters. The highest BCUT2D eigenvalue weighted by Crippen LogP contribution is 2.34. The third kappa shape index (κ3) is 4.25. The number of methoxy groups -OCH3 is 1. The van der Waals surface area contributed by atoms with E-state index in [0.29, 0.717) is 5.82 Å². The molecule has 2 aromatic carbocycles. The van der Waals surface area contributed by atoms with Crippen LogP contribution in [-0.2, 0) is 6.18 Å². The first-order valence-electron chi connectivity index (χ1n) is 7.92. The van der Waals surface area contributed by atoms with E-state index >= 15 is 0 Å². The summed E-state index contributed by atoms with van der Waals surface area (Å²) in [7, 11) is 1.38. The van der Waals surface area contributed by atoms with Gasteiger partial charge in [-0.2, -0.15) is 17.9 Å². The van der Waals surface area contributed by atoms with Crippen LogP contribution in [0, 0.1) is 6.92 Å². The molecule has 0 unspecified atom stereocenters. The van der Waals surface area contributed by atoms with Crippen molar-refractivity contribution in [2.45, 2.75) is 13.1 Å². The molecule has 0 spiro atoms. The highest BCUT2D eigenvalue weighted by Gasteiger charge is 2.31. The third-order valence-corrected chi connectivity index (χ3v) is 3.77. The normalized spacial score (nSPS) is 11.7. The lowest BCUT2D eigenvalue weighted by molar-refractivity contribution is -0.137. The number of benzene rings is 2. The van der Waals surface area contributed by atoms with Crippen LogP contribution in [0.15, 0.2) is 48.7 Å². The van der Waals surface area contributed by atoms with Crippen LogP contribution in [0.25, 0.3) is 11.8 Å². The van der Waals surface area contributed by atoms with Gasteiger partial charge in [0.25, 0.3) is 0 Å². The van der Waals surface area contributed by atoms with Crippen molar-refractivity contribution in [3.63, 3.8) is 0 Å². The monoisotopic (exact) mass is 375 g/mol. The van der Waals surface area contributed by atoms with Crippen molar-refractivity contribution in [2.24, 2.45) is 0 Å². The molecule has 1 heterocycles. The molecule has 9 heteroatoms. The summed E-state index contributed by atoms with van der Waals surface area (Å²) in [6.07, 6.45) is -1.43. The lowest BCUT2D eigenvalue weighted by Gasteiger charge is -2.12. The van der Waals surface area contributed by atoms with Gasteiger partial charge < -0.3 is 10.1 Å². The van der Waals surface area contributed by atoms with Crippen LogP contribution in [0.4, 0.5) is 18.9 Å². The second-order valence-corrected chi connectivity index (χ2v) is 5.67. The van der Waals surface area contributed by atoms with Crippen LogP contribution in [0.2, 0.25) is 0 Å². The molecule has 140 valence electrons. The van der Waals surface area contributed by atoms with Crippen LogP contribution in [-0.4, -0.2) is 27.3 Å². The van der Waals surface area contributed by atoms with E-state index in [2.05, 4.69) is 20.8 Å². The summed E-state index contributed by atoms with van der Waals surface area (Å²) in [4.78, 5) is 0. The number of hydrogen-bond acceptors (Lipinski definition) is 5. The Bertz CT molecular complexity index is 948. The van der Waals surface area contributed by atoms with Crippen molar-refractivity contribution in [3.05, 3.63) is 65.6 Å². The molecule has 1 N–H and O–H groups in total. The second-order valence-electron chi connectivity index (χ2n) is 5.67. The number of ether oxygens (including phenoxy) is 1. The summed E-state index contributed by atoms with van der Waals surface area (Å²) in [6, 6.07) is 10.8. The summed E-state index contributed by atoms with van der Waals surface area (Å²) < 4.78 is 45.3. The molecule has 0 aliphatic heterocycles. The predicted octanol–water partition coefficient (Wildman–Crippen LogP) is 4.08. The fourth-order valence-electron chi connectivity index (χ4n) is 2.37. The van der Waals surface area contributed by atoms with Gasteiger partial charge in [0, 0.05) is 12.3 Å². The van der Waals surface area contributed by atoms with Crippen LogP contribution in [0.1, 0.15) is 17.0 Å². The topological polar surface area (TPSA) is 64.9 Å². The SMILES string of the molecule is COc1ccc(C(F)(F)F)cc1N/C=C\c1nnnn1-c1ccc(C)cc1. The molecule has 6 nitrogen and oxygen atoms in total. The minimum atomic E-state index is -4.44. The number of nitrogens with one attached hydrogen (secondary N) is 1. The van der Waals surface area contributed by atoms with Crippen molar-refractivity contribution < 1.29 is 17.9 Å². The van der Waals surface area contributed by atoms with E-state index in [1.54, 1.807) is 6.08 Å². The maximum atomic E-state index is 12.9. The van der Waals surface area contributed by atoms with Gasteiger partial charge in [0.1, 0.15) is 5.75 Å². The molecule has 3 rings (SSSR count). The second kappa shape index (κ2) is 7.48. The number of anilines is 1. The minimum absolute atomic E-state index is 0.179. The summed E-state index contributed by atoms with van der Waals surface area (Å²) >= 11 is 0. The van der Waals surface area contributed by atoms with Crippen molar-refractivity contribution in [2.75, 3.05) is 12.4 Å². The van der Waals surface area contributed by atoms with E-state index < -0.39 is 11.7 Å². The molecule has 0 saturated carbocycles. The van der Waals surface area contributed by atoms with Crippen molar-refractivity contribution in [3.8, 4) is 11.4 Å². The number of aromatic nitrogens is 4. The van der Waals surface area contributed by atoms with E-state index in [0.717, 1.165) is 23.4 Å². The molecule has 0 radical (unpaired) electrons. The Morgan fingerprint density at radius 1 is 1.11 bits per heavy atom. The molecule has 27 heavy (non-hydrogen) atoms. The number of aryl methyl sites for hydroxylation is 1. The number of nitrogens with zero attached hydrogens (tertiary/aromatic N) is 4. The van der Waals surface area contributed by atoms with Gasteiger partial charge in [0.05, 0.1) is 24.0 Å². The van der Waals surface area contributed by atoms with E-state index in [1.165, 1.54) is 24.1 Å². The van der Waals surface area contributed by atoms with Gasteiger partial charge in [-0.1, -0.05) is 17.7 Å². The Labute approximate surface area is 153 Å². The molecule has 0 saturated heterocycles. The maximum absolute atomic E-state index is 12.9. The Morgan fingerprint density at radius 2 is 1.85 bits per heavy atom. The molecule has 0 aliphatic carbocycles. The Morgan fingerprint density at radius 3 is 2.52 bits per heavy atom. The lowest BCUT2D eigenvalue weighted by Crippen LogP contribution is -2.06. The molecular weight excluding hydrogens is 359 g/mol. The van der Waals surface area contributed by atoms with Gasteiger partial charge in [-0.15, -0.1) is 5.10 Å². The lowest BCUT2D eigenvalue weighted by atomic mass is 10.2. The van der Waals surface area contributed by atoms with Gasteiger partial charge in [0.15, 0.2) is 5.82 Å². The first-order chi connectivity index (χ1) is 12.9. The molecule has 0 amide bonds. The zero-order chi connectivity index (χ0) is 19.4. The van der Waals surface area contributed by atoms with Crippen LogP contribution in [0.3, 0.4) is 0 Å². The minimum Gasteiger partial charge on any atom is -0.495 e. The number of alkyl halides is 3. The first kappa shape index (κ1) is 18.4. The maximum Gasteiger partial charge on any atom is 0.416 e. The molecule has 1 aromatic heterocycles. The van der Waals surface area contributed by atoms with E-state index in [9.17, 15) is 13.2 Å². The van der Waals surface area contributed by atoms with Gasteiger partial charge in [-0.05, 0) is 47.7 Å². The van der Waals surface area contributed by atoms with Gasteiger partial charge in [-0.3, -0.25) is 0 Å². The number of hydrogen-bond donors (Lipinski definition) is 1. The van der Waals surface area contributed by atoms with Crippen LogP contribution >= 0.6 is 0 Å². The molecule has 3 aromatic rings. The highest BCUT2D eigenvalue weighted by atomic mass is 19.4. The predicted molar refractivity (Wildman–Crippen MR) is 94.5 cm³/mol. The number of halogens is 3. The summed E-state index contributed by atoms with van der Waals surface area (Å²) in [5.41, 5.74) is 1.27. The quantitative estimate of drug-likeness (QED) is 0.728. The smallest absolute Gasteiger partial charge is 0.416 e. The highest BCUT2D eigenvalue weighted by molar-refractivity contribution is 5.62. The fraction of sp³-hybridized carbons (Fsp3) is 0.167. The summed E-state index contributed by atoms with van der Waals surface area (Å²) in [6.45, 7) is 1.97. The van der Waals surface area contributed by atoms with E-state index in [4.69, 9.17) is 4.74 Å². The zero-order valence-corrected chi connectivity index (χ0v) is 14.5. The van der Waals surface area contributed by atoms with E-state index in [1.807, 2.05) is 31.2 Å². The van der Waals surface area contributed by atoms with Crippen LogP contribution < -0.4 is 10.1 Å². The summed E-state index contributed by atoms with van der Waals surface area (Å²) in [5.74, 6) is 0.697. The molecular formula is C18H16F3N5O. The average Bonchev–Trinajstić information content (AvgIpc) is 3.10. The van der Waals surface area contributed by atoms with Crippen molar-refractivity contribution >= 4 is 11.8 Å². The Balaban J connectivity index is 1.83. The first-order valence-corrected chi connectivity index (χ1v) is 7.92. The fourth-order valence-corrected chi connectivity index (χ4v) is 2.37. The van der Waals surface area contributed by atoms with Crippen molar-refractivity contribution in [1.29, 1.82) is 0 Å². The van der Waals surface area contributed by atoms with Gasteiger partial charge in [-0.25, -0.2) is 0 Å². The Hall–Kier alpha value is -3.36. The van der Waals surface area contributed by atoms with Crippen molar-refractivity contribution in [1.82, 2.24) is 20.2 Å². The van der Waals surface area contributed by atoms with Gasteiger partial charge >= 0.3 is 6.18 Å². The van der Waals surface area contributed by atoms with Gasteiger partial charge in [0.2, 0.25) is 0 Å². The number of rotatable bonds is 5. The zero-order valence-electron chi connectivity index (χ0n) is 14.5. The number of tetrazole rings is 1.